The van der Waals surface area contributed by atoms with Gasteiger partial charge in [0.2, 0.25) is 5.82 Å². The summed E-state index contributed by atoms with van der Waals surface area (Å²) in [6, 6.07) is 5.16. The lowest BCUT2D eigenvalue weighted by molar-refractivity contribution is -0.384. The zero-order valence-electron chi connectivity index (χ0n) is 14.9. The molecule has 0 amide bonds. The van der Waals surface area contributed by atoms with Crippen molar-refractivity contribution in [2.45, 2.75) is 11.5 Å². The van der Waals surface area contributed by atoms with E-state index in [1.165, 1.54) is 23.5 Å². The first-order valence-corrected chi connectivity index (χ1v) is 10.8. The van der Waals surface area contributed by atoms with Gasteiger partial charge >= 0.3 is 5.97 Å². The Labute approximate surface area is 168 Å². The maximum absolute atomic E-state index is 11.9. The van der Waals surface area contributed by atoms with Crippen LogP contribution < -0.4 is 5.32 Å². The summed E-state index contributed by atoms with van der Waals surface area (Å²) in [5, 5.41) is 21.2. The number of benzene rings is 1. The summed E-state index contributed by atoms with van der Waals surface area (Å²) in [5.41, 5.74) is 0.290. The molecule has 29 heavy (non-hydrogen) atoms. The zero-order valence-corrected chi connectivity index (χ0v) is 16.5. The van der Waals surface area contributed by atoms with Crippen LogP contribution >= 0.6 is 11.3 Å². The molecule has 3 aromatic rings. The first kappa shape index (κ1) is 20.4. The number of ether oxygens (including phenoxy) is 1. The number of nitrogens with one attached hydrogen (secondary N) is 1. The van der Waals surface area contributed by atoms with Crippen LogP contribution in [0, 0.1) is 10.1 Å². The Morgan fingerprint density at radius 1 is 1.38 bits per heavy atom. The first-order chi connectivity index (χ1) is 13.7. The van der Waals surface area contributed by atoms with Crippen molar-refractivity contribution in [1.82, 2.24) is 10.1 Å². The number of esters is 1. The molecule has 0 bridgehead atoms. The number of thiophene rings is 1. The van der Waals surface area contributed by atoms with Crippen LogP contribution in [0.5, 0.6) is 0 Å². The molecule has 13 heteroatoms. The van der Waals surface area contributed by atoms with Gasteiger partial charge in [0.05, 0.1) is 9.82 Å². The number of rotatable bonds is 8. The van der Waals surface area contributed by atoms with E-state index in [0.717, 1.165) is 17.9 Å². The average Bonchev–Trinajstić information content (AvgIpc) is 3.35. The Bertz CT molecular complexity index is 1140. The number of nitro benzene ring substituents is 1. The number of hydrogen-bond acceptors (Lipinski definition) is 11. The Morgan fingerprint density at radius 2 is 2.17 bits per heavy atom. The Balaban J connectivity index is 1.59. The number of aromatic nitrogens is 2. The molecular weight excluding hydrogens is 424 g/mol. The molecule has 2 aromatic heterocycles. The van der Waals surface area contributed by atoms with E-state index in [1.54, 1.807) is 0 Å². The van der Waals surface area contributed by atoms with Crippen LogP contribution in [0.25, 0.3) is 11.4 Å². The van der Waals surface area contributed by atoms with Crippen molar-refractivity contribution in [2.24, 2.45) is 0 Å². The number of nitro groups is 1. The fraction of sp³-hybridized carbons (Fsp3) is 0.188. The molecule has 1 N–H and O–H groups in total. The minimum absolute atomic E-state index is 0.0168. The smallest absolute Gasteiger partial charge is 0.325 e. The van der Waals surface area contributed by atoms with Crippen molar-refractivity contribution in [3.05, 3.63) is 51.0 Å². The molecule has 0 radical (unpaired) electrons. The monoisotopic (exact) mass is 438 g/mol. The van der Waals surface area contributed by atoms with E-state index in [2.05, 4.69) is 15.5 Å². The van der Waals surface area contributed by atoms with Gasteiger partial charge in [0.1, 0.15) is 12.2 Å². The minimum atomic E-state index is -3.61. The van der Waals surface area contributed by atoms with E-state index in [4.69, 9.17) is 9.26 Å². The molecule has 0 atom stereocenters. The van der Waals surface area contributed by atoms with E-state index in [0.29, 0.717) is 5.82 Å². The second-order valence-electron chi connectivity index (χ2n) is 5.75. The van der Waals surface area contributed by atoms with Crippen molar-refractivity contribution < 1.29 is 27.4 Å². The van der Waals surface area contributed by atoms with E-state index < -0.39 is 26.4 Å². The number of sulfone groups is 1. The van der Waals surface area contributed by atoms with Gasteiger partial charge in [-0.1, -0.05) is 5.16 Å². The van der Waals surface area contributed by atoms with E-state index in [9.17, 15) is 23.3 Å². The predicted octanol–water partition coefficient (Wildman–Crippen LogP) is 2.27. The number of nitrogens with zero attached hydrogens (tertiary/aromatic N) is 3. The summed E-state index contributed by atoms with van der Waals surface area (Å²) in [4.78, 5) is 26.2. The van der Waals surface area contributed by atoms with Gasteiger partial charge in [-0.2, -0.15) is 16.3 Å². The molecule has 1 aromatic carbocycles. The fourth-order valence-electron chi connectivity index (χ4n) is 2.23. The van der Waals surface area contributed by atoms with Crippen LogP contribution in [-0.2, 0) is 26.0 Å². The van der Waals surface area contributed by atoms with Crippen LogP contribution in [0.4, 0.5) is 11.4 Å². The van der Waals surface area contributed by atoms with Crippen LogP contribution in [0.15, 0.2) is 44.4 Å². The van der Waals surface area contributed by atoms with Crippen LogP contribution in [0.3, 0.4) is 0 Å². The van der Waals surface area contributed by atoms with Gasteiger partial charge in [-0.15, -0.1) is 0 Å². The number of hydrogen-bond donors (Lipinski definition) is 1. The van der Waals surface area contributed by atoms with Gasteiger partial charge < -0.3 is 14.6 Å². The van der Waals surface area contributed by atoms with Gasteiger partial charge in [-0.05, 0) is 23.6 Å². The summed E-state index contributed by atoms with van der Waals surface area (Å²) in [6.45, 7) is -0.642. The standard InChI is InChI=1S/C16H14N4O7S2/c1-29(24,25)11-2-3-12(13(6-11)20(22)23)17-7-15(21)26-8-14-18-16(19-27-14)10-4-5-28-9-10/h2-6,9,17H,7-8H2,1H3. The lowest BCUT2D eigenvalue weighted by Gasteiger charge is -2.08. The van der Waals surface area contributed by atoms with Crippen LogP contribution in [0.1, 0.15) is 5.89 Å². The van der Waals surface area contributed by atoms with Crippen molar-refractivity contribution in [1.29, 1.82) is 0 Å². The van der Waals surface area contributed by atoms with Gasteiger partial charge in [0.15, 0.2) is 16.4 Å². The number of anilines is 1. The third kappa shape index (κ3) is 5.14. The SMILES string of the molecule is CS(=O)(=O)c1ccc(NCC(=O)OCc2nc(-c3ccsc3)no2)c([N+](=O)[O-])c1. The summed E-state index contributed by atoms with van der Waals surface area (Å²) >= 11 is 1.48. The van der Waals surface area contributed by atoms with Gasteiger partial charge in [0.25, 0.3) is 11.6 Å². The number of carbonyl (C=O) groups is 1. The molecule has 0 unspecified atom stereocenters. The predicted molar refractivity (Wildman–Crippen MR) is 102 cm³/mol. The summed E-state index contributed by atoms with van der Waals surface area (Å²) < 4.78 is 33.1. The molecule has 0 aliphatic rings. The van der Waals surface area contributed by atoms with Crippen molar-refractivity contribution in [3.63, 3.8) is 0 Å². The maximum Gasteiger partial charge on any atom is 0.325 e. The Kier molecular flexibility index (Phi) is 5.89. The number of carbonyl (C=O) groups excluding carboxylic acids is 1. The Morgan fingerprint density at radius 3 is 2.83 bits per heavy atom. The second kappa shape index (κ2) is 8.36. The topological polar surface area (TPSA) is 155 Å². The normalized spacial score (nSPS) is 11.2. The molecule has 0 saturated heterocycles. The van der Waals surface area contributed by atoms with Gasteiger partial charge in [-0.25, -0.2) is 8.42 Å². The highest BCUT2D eigenvalue weighted by molar-refractivity contribution is 7.90. The molecule has 3 rings (SSSR count). The molecule has 0 saturated carbocycles. The average molecular weight is 438 g/mol. The van der Waals surface area contributed by atoms with E-state index in [1.807, 2.05) is 16.8 Å². The van der Waals surface area contributed by atoms with Crippen molar-refractivity contribution in [2.75, 3.05) is 18.1 Å². The fourth-order valence-corrected chi connectivity index (χ4v) is 3.50. The quantitative estimate of drug-likeness (QED) is 0.314. The third-order valence-corrected chi connectivity index (χ3v) is 5.41. The molecule has 0 spiro atoms. The molecule has 0 fully saturated rings. The van der Waals surface area contributed by atoms with Crippen LogP contribution in [-0.4, -0.2) is 42.3 Å². The zero-order chi connectivity index (χ0) is 21.0. The van der Waals surface area contributed by atoms with Crippen molar-refractivity contribution >= 4 is 38.5 Å². The van der Waals surface area contributed by atoms with E-state index >= 15 is 0 Å². The molecule has 0 aliphatic heterocycles. The highest BCUT2D eigenvalue weighted by Gasteiger charge is 2.19. The molecule has 152 valence electrons. The molecule has 2 heterocycles. The summed E-state index contributed by atoms with van der Waals surface area (Å²) in [7, 11) is -3.61. The van der Waals surface area contributed by atoms with Crippen molar-refractivity contribution in [3.8, 4) is 11.4 Å². The molecule has 11 nitrogen and oxygen atoms in total. The van der Waals surface area contributed by atoms with E-state index in [-0.39, 0.29) is 29.6 Å². The van der Waals surface area contributed by atoms with Crippen LogP contribution in [0.2, 0.25) is 0 Å². The molecule has 0 aliphatic carbocycles. The lowest BCUT2D eigenvalue weighted by Crippen LogP contribution is -2.17. The van der Waals surface area contributed by atoms with Gasteiger partial charge in [-0.3, -0.25) is 14.9 Å². The highest BCUT2D eigenvalue weighted by atomic mass is 32.2. The third-order valence-electron chi connectivity index (χ3n) is 3.62. The maximum atomic E-state index is 11.9. The Hall–Kier alpha value is -3.32. The largest absolute Gasteiger partial charge is 0.454 e. The van der Waals surface area contributed by atoms with Gasteiger partial charge in [0, 0.05) is 23.3 Å². The summed E-state index contributed by atoms with van der Waals surface area (Å²) in [6.07, 6.45) is 0.942. The first-order valence-electron chi connectivity index (χ1n) is 7.97. The second-order valence-corrected chi connectivity index (χ2v) is 8.54. The molecular formula is C16H14N4O7S2. The lowest BCUT2D eigenvalue weighted by atomic mass is 10.2. The highest BCUT2D eigenvalue weighted by Crippen LogP contribution is 2.27. The minimum Gasteiger partial charge on any atom is -0.454 e. The summed E-state index contributed by atoms with van der Waals surface area (Å²) in [5.74, 6) is -0.248.